The molecule has 5 fully saturated rings. The molecule has 1 aromatic carbocycles. The van der Waals surface area contributed by atoms with E-state index in [4.69, 9.17) is 0 Å². The van der Waals surface area contributed by atoms with E-state index in [2.05, 4.69) is 36.3 Å². The Morgan fingerprint density at radius 1 is 1.10 bits per heavy atom. The predicted molar refractivity (Wildman–Crippen MR) is 121 cm³/mol. The first-order chi connectivity index (χ1) is 14.3. The molecule has 6 heteroatoms. The molecule has 0 aromatic heterocycles. The van der Waals surface area contributed by atoms with Crippen LogP contribution in [-0.4, -0.2) is 36.1 Å². The highest BCUT2D eigenvalue weighted by atomic mass is 16.6. The monoisotopic (exact) mass is 412 g/mol. The summed E-state index contributed by atoms with van der Waals surface area (Å²) >= 11 is 0. The Hall–Kier alpha value is -1.82. The van der Waals surface area contributed by atoms with Gasteiger partial charge in [-0.25, -0.2) is 0 Å². The van der Waals surface area contributed by atoms with Crippen molar-refractivity contribution in [3.8, 4) is 0 Å². The summed E-state index contributed by atoms with van der Waals surface area (Å²) in [5.74, 6) is 2.64. The second kappa shape index (κ2) is 7.40. The Morgan fingerprint density at radius 3 is 2.20 bits per heavy atom. The van der Waals surface area contributed by atoms with Gasteiger partial charge in [0, 0.05) is 43.0 Å². The first kappa shape index (κ1) is 20.1. The fourth-order valence-corrected chi connectivity index (χ4v) is 7.63. The molecule has 0 unspecified atom stereocenters. The van der Waals surface area contributed by atoms with Crippen LogP contribution in [0, 0.1) is 33.3 Å². The van der Waals surface area contributed by atoms with Gasteiger partial charge in [0.1, 0.15) is 5.69 Å². The largest absolute Gasteiger partial charge is 0.376 e. The standard InChI is InChI=1S/C24H36N4O2/c1-15-13-27(14-16(2)25-15)21-4-5-23(28(29)30)22(9-21)26-17(3)24-10-18-6-19(11-24)8-20(7-18)12-24/h4-5,9,15-20,25-26H,6-8,10-14H2,1-3H3/t15-,16-,17+,18?,19?,20?,24?/m0/s1. The van der Waals surface area contributed by atoms with E-state index in [1.54, 1.807) is 6.07 Å². The van der Waals surface area contributed by atoms with Crippen LogP contribution in [0.25, 0.3) is 0 Å². The lowest BCUT2D eigenvalue weighted by atomic mass is 9.48. The third-order valence-corrected chi connectivity index (χ3v) is 8.48. The van der Waals surface area contributed by atoms with Gasteiger partial charge in [-0.3, -0.25) is 10.1 Å². The number of nitro groups is 1. The van der Waals surface area contributed by atoms with Crippen molar-refractivity contribution in [3.05, 3.63) is 28.3 Å². The molecule has 5 aliphatic rings. The molecular weight excluding hydrogens is 376 g/mol. The van der Waals surface area contributed by atoms with E-state index in [9.17, 15) is 10.1 Å². The van der Waals surface area contributed by atoms with E-state index >= 15 is 0 Å². The van der Waals surface area contributed by atoms with E-state index in [1.165, 1.54) is 38.5 Å². The topological polar surface area (TPSA) is 70.4 Å². The molecule has 1 saturated heterocycles. The van der Waals surface area contributed by atoms with Crippen molar-refractivity contribution in [2.24, 2.45) is 23.2 Å². The molecule has 0 radical (unpaired) electrons. The van der Waals surface area contributed by atoms with Gasteiger partial charge in [0.25, 0.3) is 5.69 Å². The van der Waals surface area contributed by atoms with Crippen LogP contribution in [0.1, 0.15) is 59.3 Å². The Kier molecular flexibility index (Phi) is 4.96. The van der Waals surface area contributed by atoms with Gasteiger partial charge in [-0.15, -0.1) is 0 Å². The van der Waals surface area contributed by atoms with Crippen LogP contribution in [0.3, 0.4) is 0 Å². The molecule has 1 aromatic rings. The summed E-state index contributed by atoms with van der Waals surface area (Å²) in [6.07, 6.45) is 8.15. The molecule has 164 valence electrons. The van der Waals surface area contributed by atoms with Gasteiger partial charge in [0.05, 0.1) is 4.92 Å². The minimum atomic E-state index is -0.235. The van der Waals surface area contributed by atoms with Crippen molar-refractivity contribution in [3.63, 3.8) is 0 Å². The van der Waals surface area contributed by atoms with Crippen LogP contribution in [0.5, 0.6) is 0 Å². The highest BCUT2D eigenvalue weighted by Crippen LogP contribution is 2.61. The van der Waals surface area contributed by atoms with Gasteiger partial charge in [-0.2, -0.15) is 0 Å². The van der Waals surface area contributed by atoms with Crippen LogP contribution in [0.15, 0.2) is 18.2 Å². The fourth-order valence-electron chi connectivity index (χ4n) is 7.63. The Balaban J connectivity index is 1.41. The zero-order valence-corrected chi connectivity index (χ0v) is 18.6. The quantitative estimate of drug-likeness (QED) is 0.537. The third kappa shape index (κ3) is 3.57. The van der Waals surface area contributed by atoms with Crippen LogP contribution >= 0.6 is 0 Å². The Bertz CT molecular complexity index is 780. The van der Waals surface area contributed by atoms with E-state index in [0.29, 0.717) is 23.2 Å². The zero-order chi connectivity index (χ0) is 21.0. The molecule has 0 amide bonds. The van der Waals surface area contributed by atoms with E-state index in [0.717, 1.165) is 36.5 Å². The molecule has 6 nitrogen and oxygen atoms in total. The summed E-state index contributed by atoms with van der Waals surface area (Å²) in [6, 6.07) is 6.73. The number of hydrogen-bond donors (Lipinski definition) is 2. The zero-order valence-electron chi connectivity index (χ0n) is 18.6. The van der Waals surface area contributed by atoms with Crippen molar-refractivity contribution in [1.29, 1.82) is 0 Å². The Morgan fingerprint density at radius 2 is 1.67 bits per heavy atom. The average Bonchev–Trinajstić information content (AvgIpc) is 2.66. The molecular formula is C24H36N4O2. The fraction of sp³-hybridized carbons (Fsp3) is 0.750. The highest BCUT2D eigenvalue weighted by molar-refractivity contribution is 5.69. The van der Waals surface area contributed by atoms with Crippen molar-refractivity contribution in [2.75, 3.05) is 23.3 Å². The minimum absolute atomic E-state index is 0.201. The molecule has 1 aliphatic heterocycles. The van der Waals surface area contributed by atoms with Crippen molar-refractivity contribution in [1.82, 2.24) is 5.32 Å². The van der Waals surface area contributed by atoms with Crippen molar-refractivity contribution >= 4 is 17.1 Å². The maximum absolute atomic E-state index is 11.8. The second-order valence-electron chi connectivity index (χ2n) is 11.0. The van der Waals surface area contributed by atoms with E-state index in [-0.39, 0.29) is 16.7 Å². The molecule has 4 bridgehead atoms. The molecule has 3 atom stereocenters. The number of nitro benzene ring substituents is 1. The lowest BCUT2D eigenvalue weighted by molar-refractivity contribution is -0.384. The molecule has 30 heavy (non-hydrogen) atoms. The average molecular weight is 413 g/mol. The smallest absolute Gasteiger partial charge is 0.292 e. The maximum atomic E-state index is 11.8. The van der Waals surface area contributed by atoms with Crippen molar-refractivity contribution in [2.45, 2.75) is 77.4 Å². The number of benzene rings is 1. The highest BCUT2D eigenvalue weighted by Gasteiger charge is 2.53. The molecule has 6 rings (SSSR count). The van der Waals surface area contributed by atoms with Gasteiger partial charge in [-0.1, -0.05) is 0 Å². The van der Waals surface area contributed by atoms with Gasteiger partial charge in [0.15, 0.2) is 0 Å². The molecule has 0 spiro atoms. The van der Waals surface area contributed by atoms with Crippen LogP contribution in [0.4, 0.5) is 17.1 Å². The Labute approximate surface area is 179 Å². The summed E-state index contributed by atoms with van der Waals surface area (Å²) in [6.45, 7) is 8.52. The molecule has 2 N–H and O–H groups in total. The summed E-state index contributed by atoms with van der Waals surface area (Å²) in [5, 5.41) is 19.0. The van der Waals surface area contributed by atoms with Gasteiger partial charge < -0.3 is 15.5 Å². The van der Waals surface area contributed by atoms with Crippen LogP contribution in [-0.2, 0) is 0 Å². The number of anilines is 2. The maximum Gasteiger partial charge on any atom is 0.292 e. The number of piperazine rings is 1. The molecule has 1 heterocycles. The summed E-state index contributed by atoms with van der Waals surface area (Å²) < 4.78 is 0. The number of rotatable bonds is 5. The van der Waals surface area contributed by atoms with Crippen molar-refractivity contribution < 1.29 is 4.92 Å². The first-order valence-electron chi connectivity index (χ1n) is 11.9. The number of nitrogens with zero attached hydrogens (tertiary/aromatic N) is 2. The number of nitrogens with one attached hydrogen (secondary N) is 2. The summed E-state index contributed by atoms with van der Waals surface area (Å²) in [4.78, 5) is 13.9. The predicted octanol–water partition coefficient (Wildman–Crippen LogP) is 4.80. The van der Waals surface area contributed by atoms with Crippen LogP contribution < -0.4 is 15.5 Å². The lowest BCUT2D eigenvalue weighted by Crippen LogP contribution is -2.54. The lowest BCUT2D eigenvalue weighted by Gasteiger charge is -2.59. The molecule has 4 saturated carbocycles. The first-order valence-corrected chi connectivity index (χ1v) is 11.9. The van der Waals surface area contributed by atoms with E-state index < -0.39 is 0 Å². The number of hydrogen-bond acceptors (Lipinski definition) is 5. The minimum Gasteiger partial charge on any atom is -0.376 e. The third-order valence-electron chi connectivity index (χ3n) is 8.48. The SMILES string of the molecule is C[C@H]1CN(c2ccc([N+](=O)[O-])c(N[C@H](C)C34CC5CC(CC(C5)C3)C4)c2)C[C@H](C)N1. The normalized spacial score (nSPS) is 38.5. The summed E-state index contributed by atoms with van der Waals surface area (Å²) in [5.41, 5.74) is 2.30. The van der Waals surface area contributed by atoms with Gasteiger partial charge >= 0.3 is 0 Å². The van der Waals surface area contributed by atoms with Gasteiger partial charge in [-0.05, 0) is 94.6 Å². The summed E-state index contributed by atoms with van der Waals surface area (Å²) in [7, 11) is 0. The molecule has 4 aliphatic carbocycles. The second-order valence-corrected chi connectivity index (χ2v) is 11.0. The van der Waals surface area contributed by atoms with Gasteiger partial charge in [0.2, 0.25) is 0 Å². The van der Waals surface area contributed by atoms with Crippen LogP contribution in [0.2, 0.25) is 0 Å². The van der Waals surface area contributed by atoms with E-state index in [1.807, 2.05) is 12.1 Å².